The normalized spacial score (nSPS) is 16.5. The summed E-state index contributed by atoms with van der Waals surface area (Å²) in [7, 11) is 0. The van der Waals surface area contributed by atoms with Gasteiger partial charge >= 0.3 is 0 Å². The van der Waals surface area contributed by atoms with E-state index in [1.54, 1.807) is 4.90 Å². The first-order chi connectivity index (χ1) is 11.5. The van der Waals surface area contributed by atoms with Crippen LogP contribution in [-0.2, 0) is 29.1 Å². The van der Waals surface area contributed by atoms with Crippen LogP contribution in [0, 0.1) is 12.8 Å². The highest BCUT2D eigenvalue weighted by Gasteiger charge is 2.29. The van der Waals surface area contributed by atoms with Gasteiger partial charge in [0.05, 0.1) is 18.2 Å². The molecule has 2 amide bonds. The fourth-order valence-electron chi connectivity index (χ4n) is 3.25. The number of hydrogen-bond donors (Lipinski definition) is 1. The van der Waals surface area contributed by atoms with E-state index in [1.807, 2.05) is 48.0 Å². The number of fused-ring (bicyclic) bond motifs is 1. The quantitative estimate of drug-likeness (QED) is 0.898. The molecule has 24 heavy (non-hydrogen) atoms. The van der Waals surface area contributed by atoms with Gasteiger partial charge in [0.15, 0.2) is 0 Å². The maximum absolute atomic E-state index is 12.9. The maximum atomic E-state index is 12.9. The van der Waals surface area contributed by atoms with Gasteiger partial charge in [0.2, 0.25) is 11.8 Å². The minimum Gasteiger partial charge on any atom is -0.368 e. The molecule has 1 atom stereocenters. The van der Waals surface area contributed by atoms with Gasteiger partial charge in [-0.1, -0.05) is 30.3 Å². The van der Waals surface area contributed by atoms with Crippen LogP contribution in [-0.4, -0.2) is 32.8 Å². The number of amides is 2. The molecule has 0 aliphatic carbocycles. The standard InChI is InChI=1S/C18H22N4O2/c1-13-9-21-11-15(7-8-17(21)20-13)18(24)22(12-16(19)23)10-14-5-3-2-4-6-14/h2-6,9,15H,7-8,10-12H2,1H3,(H2,19,23). The van der Waals surface area contributed by atoms with Crippen molar-refractivity contribution in [3.8, 4) is 0 Å². The summed E-state index contributed by atoms with van der Waals surface area (Å²) >= 11 is 0. The number of carbonyl (C=O) groups excluding carboxylic acids is 2. The highest BCUT2D eigenvalue weighted by molar-refractivity contribution is 5.85. The first-order valence-electron chi connectivity index (χ1n) is 8.16. The minimum atomic E-state index is -0.491. The summed E-state index contributed by atoms with van der Waals surface area (Å²) in [5.74, 6) is 0.374. The average molecular weight is 326 g/mol. The third-order valence-electron chi connectivity index (χ3n) is 4.34. The van der Waals surface area contributed by atoms with E-state index in [-0.39, 0.29) is 18.4 Å². The molecular weight excluding hydrogens is 304 g/mol. The van der Waals surface area contributed by atoms with Gasteiger partial charge in [0.25, 0.3) is 0 Å². The van der Waals surface area contributed by atoms with Gasteiger partial charge in [-0.05, 0) is 18.9 Å². The van der Waals surface area contributed by atoms with Crippen molar-refractivity contribution in [1.82, 2.24) is 14.5 Å². The van der Waals surface area contributed by atoms with E-state index in [1.165, 1.54) is 0 Å². The molecule has 1 aromatic heterocycles. The predicted octanol–water partition coefficient (Wildman–Crippen LogP) is 1.27. The van der Waals surface area contributed by atoms with Crippen molar-refractivity contribution in [2.75, 3.05) is 6.54 Å². The molecule has 1 aliphatic heterocycles. The molecule has 1 aromatic carbocycles. The van der Waals surface area contributed by atoms with Crippen LogP contribution in [0.2, 0.25) is 0 Å². The zero-order valence-electron chi connectivity index (χ0n) is 13.8. The molecule has 0 spiro atoms. The first-order valence-corrected chi connectivity index (χ1v) is 8.16. The highest BCUT2D eigenvalue weighted by atomic mass is 16.2. The molecule has 0 saturated carbocycles. The van der Waals surface area contributed by atoms with Crippen molar-refractivity contribution < 1.29 is 9.59 Å². The van der Waals surface area contributed by atoms with Crippen molar-refractivity contribution in [2.45, 2.75) is 32.9 Å². The van der Waals surface area contributed by atoms with Gasteiger partial charge in [-0.25, -0.2) is 4.98 Å². The first kappa shape index (κ1) is 16.2. The molecular formula is C18H22N4O2. The summed E-state index contributed by atoms with van der Waals surface area (Å²) in [6.07, 6.45) is 3.50. The van der Waals surface area contributed by atoms with Crippen molar-refractivity contribution in [1.29, 1.82) is 0 Å². The van der Waals surface area contributed by atoms with Crippen LogP contribution in [0.25, 0.3) is 0 Å². The minimum absolute atomic E-state index is 0.0188. The Morgan fingerprint density at radius 3 is 2.79 bits per heavy atom. The molecule has 3 rings (SSSR count). The van der Waals surface area contributed by atoms with E-state index in [0.717, 1.165) is 29.9 Å². The number of imidazole rings is 1. The molecule has 0 fully saturated rings. The topological polar surface area (TPSA) is 81.2 Å². The van der Waals surface area contributed by atoms with Crippen molar-refractivity contribution in [2.24, 2.45) is 11.7 Å². The van der Waals surface area contributed by atoms with Crippen LogP contribution >= 0.6 is 0 Å². The Hall–Kier alpha value is -2.63. The van der Waals surface area contributed by atoms with Crippen LogP contribution < -0.4 is 5.73 Å². The lowest BCUT2D eigenvalue weighted by atomic mass is 9.97. The van der Waals surface area contributed by atoms with Crippen LogP contribution in [0.4, 0.5) is 0 Å². The number of nitrogens with zero attached hydrogens (tertiary/aromatic N) is 3. The van der Waals surface area contributed by atoms with Crippen molar-refractivity contribution in [3.63, 3.8) is 0 Å². The third-order valence-corrected chi connectivity index (χ3v) is 4.34. The summed E-state index contributed by atoms with van der Waals surface area (Å²) in [5.41, 5.74) is 7.30. The third kappa shape index (κ3) is 3.64. The molecule has 6 nitrogen and oxygen atoms in total. The Bertz CT molecular complexity index is 739. The fraction of sp³-hybridized carbons (Fsp3) is 0.389. The van der Waals surface area contributed by atoms with Gasteiger partial charge in [0.1, 0.15) is 5.82 Å². The van der Waals surface area contributed by atoms with E-state index < -0.39 is 5.91 Å². The fourth-order valence-corrected chi connectivity index (χ4v) is 3.25. The second-order valence-corrected chi connectivity index (χ2v) is 6.33. The lowest BCUT2D eigenvalue weighted by molar-refractivity contribution is -0.140. The van der Waals surface area contributed by atoms with Crippen molar-refractivity contribution in [3.05, 3.63) is 53.6 Å². The lowest BCUT2D eigenvalue weighted by Crippen LogP contribution is -2.43. The average Bonchev–Trinajstić information content (AvgIpc) is 2.93. The summed E-state index contributed by atoms with van der Waals surface area (Å²) in [6.45, 7) is 2.91. The van der Waals surface area contributed by atoms with Crippen molar-refractivity contribution >= 4 is 11.8 Å². The molecule has 6 heteroatoms. The SMILES string of the molecule is Cc1cn2c(n1)CCC(C(=O)N(CC(N)=O)Cc1ccccc1)C2. The highest BCUT2D eigenvalue weighted by Crippen LogP contribution is 2.22. The largest absolute Gasteiger partial charge is 0.368 e. The van der Waals surface area contributed by atoms with E-state index >= 15 is 0 Å². The second kappa shape index (κ2) is 6.86. The van der Waals surface area contributed by atoms with E-state index in [9.17, 15) is 9.59 Å². The van der Waals surface area contributed by atoms with Gasteiger partial charge in [-0.2, -0.15) is 0 Å². The number of nitrogens with two attached hydrogens (primary N) is 1. The Morgan fingerprint density at radius 2 is 2.08 bits per heavy atom. The van der Waals surface area contributed by atoms with Gasteiger partial charge < -0.3 is 15.2 Å². The summed E-state index contributed by atoms with van der Waals surface area (Å²) < 4.78 is 2.05. The molecule has 2 aromatic rings. The number of rotatable bonds is 5. The van der Waals surface area contributed by atoms with Gasteiger partial charge in [-0.3, -0.25) is 9.59 Å². The molecule has 0 radical (unpaired) electrons. The molecule has 2 heterocycles. The van der Waals surface area contributed by atoms with Crippen LogP contribution in [0.15, 0.2) is 36.5 Å². The summed E-state index contributed by atoms with van der Waals surface area (Å²) in [5, 5.41) is 0. The Labute approximate surface area is 141 Å². The number of carbonyl (C=O) groups is 2. The molecule has 0 saturated heterocycles. The van der Waals surface area contributed by atoms with Crippen LogP contribution in [0.1, 0.15) is 23.5 Å². The molecule has 2 N–H and O–H groups in total. The molecule has 1 unspecified atom stereocenters. The van der Waals surface area contributed by atoms with Crippen LogP contribution in [0.5, 0.6) is 0 Å². The van der Waals surface area contributed by atoms with Gasteiger partial charge in [0, 0.05) is 25.7 Å². The zero-order valence-corrected chi connectivity index (χ0v) is 13.8. The molecule has 0 bridgehead atoms. The Balaban J connectivity index is 1.75. The number of primary amides is 1. The monoisotopic (exact) mass is 326 g/mol. The smallest absolute Gasteiger partial charge is 0.237 e. The van der Waals surface area contributed by atoms with Gasteiger partial charge in [-0.15, -0.1) is 0 Å². The number of hydrogen-bond acceptors (Lipinski definition) is 3. The second-order valence-electron chi connectivity index (χ2n) is 6.33. The number of aromatic nitrogens is 2. The Morgan fingerprint density at radius 1 is 1.33 bits per heavy atom. The molecule has 126 valence electrons. The number of aryl methyl sites for hydroxylation is 2. The summed E-state index contributed by atoms with van der Waals surface area (Å²) in [6, 6.07) is 9.65. The summed E-state index contributed by atoms with van der Waals surface area (Å²) in [4.78, 5) is 30.4. The zero-order chi connectivity index (χ0) is 17.1. The van der Waals surface area contributed by atoms with Crippen LogP contribution in [0.3, 0.4) is 0 Å². The van der Waals surface area contributed by atoms with E-state index in [4.69, 9.17) is 5.73 Å². The van der Waals surface area contributed by atoms with E-state index in [2.05, 4.69) is 4.98 Å². The lowest BCUT2D eigenvalue weighted by Gasteiger charge is -2.29. The van der Waals surface area contributed by atoms with E-state index in [0.29, 0.717) is 13.1 Å². The number of benzene rings is 1. The maximum Gasteiger partial charge on any atom is 0.237 e. The molecule has 1 aliphatic rings. The predicted molar refractivity (Wildman–Crippen MR) is 89.8 cm³/mol. The Kier molecular flexibility index (Phi) is 4.64.